The number of aliphatic hydroxyl groups is 1. The molecule has 17 heavy (non-hydrogen) atoms. The minimum absolute atomic E-state index is 0.0644. The number of allylic oxidation sites excluding steroid dienone is 1. The van der Waals surface area contributed by atoms with Crippen molar-refractivity contribution >= 4 is 0 Å². The second-order valence-electron chi connectivity index (χ2n) is 4.23. The molecule has 0 saturated heterocycles. The molecule has 1 atom stereocenters. The van der Waals surface area contributed by atoms with Crippen LogP contribution in [0.3, 0.4) is 0 Å². The van der Waals surface area contributed by atoms with Crippen molar-refractivity contribution in [2.45, 2.75) is 31.8 Å². The highest BCUT2D eigenvalue weighted by atomic mass is 19.2. The zero-order valence-electron chi connectivity index (χ0n) is 9.22. The summed E-state index contributed by atoms with van der Waals surface area (Å²) in [5, 5.41) is 9.96. The molecule has 0 amide bonds. The van der Waals surface area contributed by atoms with Gasteiger partial charge in [-0.25, -0.2) is 13.2 Å². The molecule has 0 radical (unpaired) electrons. The SMILES string of the molecule is OC(C1=CCCCC1)c1cc(F)c(F)c(F)c1. The highest BCUT2D eigenvalue weighted by Crippen LogP contribution is 2.30. The molecular weight excluding hydrogens is 229 g/mol. The third-order valence-corrected chi connectivity index (χ3v) is 3.00. The van der Waals surface area contributed by atoms with E-state index in [-0.39, 0.29) is 5.56 Å². The Labute approximate surface area is 97.6 Å². The third kappa shape index (κ3) is 2.52. The maximum absolute atomic E-state index is 13.0. The fourth-order valence-electron chi connectivity index (χ4n) is 2.06. The van der Waals surface area contributed by atoms with Crippen molar-refractivity contribution in [2.24, 2.45) is 0 Å². The summed E-state index contributed by atoms with van der Waals surface area (Å²) in [5.74, 6) is -4.04. The second kappa shape index (κ2) is 4.92. The number of benzene rings is 1. The summed E-state index contributed by atoms with van der Waals surface area (Å²) in [6.45, 7) is 0. The molecule has 2 rings (SSSR count). The van der Waals surface area contributed by atoms with E-state index >= 15 is 0 Å². The van der Waals surface area contributed by atoms with Crippen LogP contribution >= 0.6 is 0 Å². The molecular formula is C13H13F3O. The van der Waals surface area contributed by atoms with Gasteiger partial charge in [0.1, 0.15) is 6.10 Å². The van der Waals surface area contributed by atoms with Gasteiger partial charge in [-0.05, 0) is 49.0 Å². The van der Waals surface area contributed by atoms with E-state index in [9.17, 15) is 18.3 Å². The van der Waals surface area contributed by atoms with Crippen molar-refractivity contribution in [3.05, 3.63) is 46.8 Å². The summed E-state index contributed by atoms with van der Waals surface area (Å²) in [5.41, 5.74) is 0.816. The van der Waals surface area contributed by atoms with Crippen LogP contribution in [0, 0.1) is 17.5 Å². The average molecular weight is 242 g/mol. The van der Waals surface area contributed by atoms with Crippen LogP contribution in [-0.2, 0) is 0 Å². The lowest BCUT2D eigenvalue weighted by atomic mass is 9.92. The molecule has 0 heterocycles. The molecule has 0 aliphatic heterocycles. The Morgan fingerprint density at radius 3 is 2.24 bits per heavy atom. The quantitative estimate of drug-likeness (QED) is 0.620. The zero-order chi connectivity index (χ0) is 12.4. The normalized spacial score (nSPS) is 17.8. The summed E-state index contributed by atoms with van der Waals surface area (Å²) in [6.07, 6.45) is 4.42. The van der Waals surface area contributed by atoms with E-state index in [4.69, 9.17) is 0 Å². The van der Waals surface area contributed by atoms with E-state index in [1.54, 1.807) is 0 Å². The van der Waals surface area contributed by atoms with Crippen LogP contribution in [-0.4, -0.2) is 5.11 Å². The highest BCUT2D eigenvalue weighted by Gasteiger charge is 2.19. The van der Waals surface area contributed by atoms with Gasteiger partial charge in [0.15, 0.2) is 17.5 Å². The molecule has 1 aromatic carbocycles. The Morgan fingerprint density at radius 2 is 1.71 bits per heavy atom. The minimum Gasteiger partial charge on any atom is -0.384 e. The van der Waals surface area contributed by atoms with Crippen LogP contribution in [0.15, 0.2) is 23.8 Å². The Kier molecular flexibility index (Phi) is 3.52. The van der Waals surface area contributed by atoms with Crippen molar-refractivity contribution in [3.8, 4) is 0 Å². The molecule has 1 nitrogen and oxygen atoms in total. The van der Waals surface area contributed by atoms with E-state index in [1.165, 1.54) is 0 Å². The molecule has 0 saturated carbocycles. The highest BCUT2D eigenvalue weighted by molar-refractivity contribution is 5.28. The summed E-state index contributed by atoms with van der Waals surface area (Å²) in [7, 11) is 0. The first-order valence-electron chi connectivity index (χ1n) is 5.61. The largest absolute Gasteiger partial charge is 0.384 e. The van der Waals surface area contributed by atoms with Crippen LogP contribution in [0.2, 0.25) is 0 Å². The number of halogens is 3. The van der Waals surface area contributed by atoms with E-state index in [2.05, 4.69) is 0 Å². The lowest BCUT2D eigenvalue weighted by Gasteiger charge is -2.19. The summed E-state index contributed by atoms with van der Waals surface area (Å²) >= 11 is 0. The number of aliphatic hydroxyl groups excluding tert-OH is 1. The van der Waals surface area contributed by atoms with Crippen LogP contribution in [0.25, 0.3) is 0 Å². The minimum atomic E-state index is -1.50. The molecule has 1 aromatic rings. The first kappa shape index (κ1) is 12.2. The molecule has 0 aromatic heterocycles. The molecule has 0 bridgehead atoms. The number of hydrogen-bond donors (Lipinski definition) is 1. The maximum atomic E-state index is 13.0. The van der Waals surface area contributed by atoms with E-state index in [0.717, 1.165) is 37.0 Å². The molecule has 1 aliphatic rings. The van der Waals surface area contributed by atoms with Crippen LogP contribution in [0.1, 0.15) is 37.4 Å². The fourth-order valence-corrected chi connectivity index (χ4v) is 2.06. The van der Waals surface area contributed by atoms with Crippen molar-refractivity contribution in [1.29, 1.82) is 0 Å². The molecule has 92 valence electrons. The zero-order valence-corrected chi connectivity index (χ0v) is 9.22. The van der Waals surface area contributed by atoms with Crippen LogP contribution in [0.5, 0.6) is 0 Å². The lowest BCUT2D eigenvalue weighted by Crippen LogP contribution is -2.06. The number of rotatable bonds is 2. The van der Waals surface area contributed by atoms with Crippen molar-refractivity contribution in [1.82, 2.24) is 0 Å². The molecule has 0 spiro atoms. The van der Waals surface area contributed by atoms with E-state index in [1.807, 2.05) is 6.08 Å². The molecule has 4 heteroatoms. The third-order valence-electron chi connectivity index (χ3n) is 3.00. The molecule has 1 unspecified atom stereocenters. The van der Waals surface area contributed by atoms with Crippen molar-refractivity contribution < 1.29 is 18.3 Å². The van der Waals surface area contributed by atoms with E-state index < -0.39 is 23.6 Å². The first-order valence-corrected chi connectivity index (χ1v) is 5.61. The molecule has 0 fully saturated rings. The monoisotopic (exact) mass is 242 g/mol. The average Bonchev–Trinajstić information content (AvgIpc) is 2.35. The standard InChI is InChI=1S/C13H13F3O/c14-10-6-9(7-11(15)12(10)16)13(17)8-4-2-1-3-5-8/h4,6-7,13,17H,1-3,5H2. The smallest absolute Gasteiger partial charge is 0.194 e. The van der Waals surface area contributed by atoms with E-state index in [0.29, 0.717) is 6.42 Å². The summed E-state index contributed by atoms with van der Waals surface area (Å²) in [4.78, 5) is 0. The topological polar surface area (TPSA) is 20.2 Å². The van der Waals surface area contributed by atoms with Gasteiger partial charge in [0.25, 0.3) is 0 Å². The predicted octanol–water partition coefficient (Wildman–Crippen LogP) is 3.64. The Hall–Kier alpha value is -1.29. The van der Waals surface area contributed by atoms with Gasteiger partial charge in [-0.3, -0.25) is 0 Å². The Bertz CT molecular complexity index is 431. The van der Waals surface area contributed by atoms with Crippen molar-refractivity contribution in [2.75, 3.05) is 0 Å². The lowest BCUT2D eigenvalue weighted by molar-refractivity contribution is 0.206. The van der Waals surface area contributed by atoms with Crippen LogP contribution < -0.4 is 0 Å². The van der Waals surface area contributed by atoms with Crippen molar-refractivity contribution in [3.63, 3.8) is 0 Å². The van der Waals surface area contributed by atoms with Gasteiger partial charge in [-0.15, -0.1) is 0 Å². The second-order valence-corrected chi connectivity index (χ2v) is 4.23. The Balaban J connectivity index is 2.30. The number of hydrogen-bond acceptors (Lipinski definition) is 1. The van der Waals surface area contributed by atoms with Gasteiger partial charge in [-0.2, -0.15) is 0 Å². The molecule has 1 N–H and O–H groups in total. The molecule has 1 aliphatic carbocycles. The Morgan fingerprint density at radius 1 is 1.06 bits per heavy atom. The maximum Gasteiger partial charge on any atom is 0.194 e. The predicted molar refractivity (Wildman–Crippen MR) is 57.8 cm³/mol. The first-order chi connectivity index (χ1) is 8.09. The fraction of sp³-hybridized carbons (Fsp3) is 0.385. The summed E-state index contributed by atoms with van der Waals surface area (Å²) in [6, 6.07) is 1.69. The van der Waals surface area contributed by atoms with Gasteiger partial charge >= 0.3 is 0 Å². The van der Waals surface area contributed by atoms with Gasteiger partial charge < -0.3 is 5.11 Å². The van der Waals surface area contributed by atoms with Gasteiger partial charge in [0, 0.05) is 0 Å². The van der Waals surface area contributed by atoms with Crippen LogP contribution in [0.4, 0.5) is 13.2 Å². The van der Waals surface area contributed by atoms with Gasteiger partial charge in [0.05, 0.1) is 0 Å². The summed E-state index contributed by atoms with van der Waals surface area (Å²) < 4.78 is 38.8. The van der Waals surface area contributed by atoms with Gasteiger partial charge in [-0.1, -0.05) is 6.08 Å². The van der Waals surface area contributed by atoms with Gasteiger partial charge in [0.2, 0.25) is 0 Å².